The first-order chi connectivity index (χ1) is 10.00. The van der Waals surface area contributed by atoms with Crippen molar-refractivity contribution in [2.75, 3.05) is 26.0 Å². The number of benzene rings is 1. The molecule has 8 heteroatoms. The highest BCUT2D eigenvalue weighted by Crippen LogP contribution is 2.29. The molecule has 0 saturated carbocycles. The predicted octanol–water partition coefficient (Wildman–Crippen LogP) is 1.01. The van der Waals surface area contributed by atoms with Gasteiger partial charge in [0.25, 0.3) is 0 Å². The Hall–Kier alpha value is -1.64. The second-order valence-electron chi connectivity index (χ2n) is 5.56. The minimum absolute atomic E-state index is 0.00743. The van der Waals surface area contributed by atoms with E-state index < -0.39 is 21.5 Å². The fourth-order valence-electron chi connectivity index (χ4n) is 1.55. The van der Waals surface area contributed by atoms with E-state index in [4.69, 9.17) is 10.5 Å². The highest BCUT2D eigenvalue weighted by molar-refractivity contribution is 7.89. The summed E-state index contributed by atoms with van der Waals surface area (Å²) in [5.74, 6) is -0.175. The molecule has 0 aliphatic rings. The summed E-state index contributed by atoms with van der Waals surface area (Å²) < 4.78 is 31.2. The van der Waals surface area contributed by atoms with Crippen molar-refractivity contribution in [3.8, 4) is 5.75 Å². The fraction of sp³-hybridized carbons (Fsp3) is 0.500. The van der Waals surface area contributed by atoms with Gasteiger partial charge in [-0.3, -0.25) is 4.79 Å². The van der Waals surface area contributed by atoms with E-state index in [9.17, 15) is 13.2 Å². The molecule has 0 unspecified atom stereocenters. The Morgan fingerprint density at radius 1 is 1.36 bits per heavy atom. The maximum atomic E-state index is 12.4. The minimum Gasteiger partial charge on any atom is -0.492 e. The van der Waals surface area contributed by atoms with Gasteiger partial charge in [-0.2, -0.15) is 0 Å². The van der Waals surface area contributed by atoms with Gasteiger partial charge < -0.3 is 15.8 Å². The summed E-state index contributed by atoms with van der Waals surface area (Å²) in [6, 6.07) is 4.45. The van der Waals surface area contributed by atoms with Gasteiger partial charge in [0.1, 0.15) is 10.6 Å². The molecular formula is C14H23N3O4S. The van der Waals surface area contributed by atoms with E-state index in [0.717, 1.165) is 4.31 Å². The second kappa shape index (κ2) is 6.64. The Morgan fingerprint density at radius 2 is 1.95 bits per heavy atom. The van der Waals surface area contributed by atoms with E-state index in [1.807, 2.05) is 0 Å². The Morgan fingerprint density at radius 3 is 2.41 bits per heavy atom. The molecule has 0 radical (unpaired) electrons. The summed E-state index contributed by atoms with van der Waals surface area (Å²) in [7, 11) is -0.838. The molecule has 0 aliphatic carbocycles. The molecule has 0 aliphatic heterocycles. The van der Waals surface area contributed by atoms with Crippen LogP contribution >= 0.6 is 0 Å². The summed E-state index contributed by atoms with van der Waals surface area (Å²) in [5.41, 5.74) is 4.98. The third-order valence-corrected chi connectivity index (χ3v) is 4.68. The van der Waals surface area contributed by atoms with Gasteiger partial charge in [0.2, 0.25) is 15.9 Å². The first-order valence-electron chi connectivity index (χ1n) is 6.80. The summed E-state index contributed by atoms with van der Waals surface area (Å²) in [5, 5.41) is 2.60. The largest absolute Gasteiger partial charge is 0.492 e. The molecule has 0 bridgehead atoms. The van der Waals surface area contributed by atoms with Crippen LogP contribution in [0.2, 0.25) is 0 Å². The van der Waals surface area contributed by atoms with Crippen molar-refractivity contribution >= 4 is 21.6 Å². The third-order valence-electron chi connectivity index (χ3n) is 2.85. The van der Waals surface area contributed by atoms with Gasteiger partial charge in [-0.15, -0.1) is 0 Å². The van der Waals surface area contributed by atoms with Crippen LogP contribution in [-0.4, -0.2) is 44.9 Å². The number of carbonyl (C=O) groups is 1. The normalized spacial score (nSPS) is 12.3. The topological polar surface area (TPSA) is 102 Å². The smallest absolute Gasteiger partial charge is 0.246 e. The van der Waals surface area contributed by atoms with Gasteiger partial charge in [-0.1, -0.05) is 0 Å². The number of ether oxygens (including phenoxy) is 1. The van der Waals surface area contributed by atoms with Crippen molar-refractivity contribution in [2.24, 2.45) is 5.73 Å². The van der Waals surface area contributed by atoms with Gasteiger partial charge >= 0.3 is 0 Å². The number of amides is 1. The van der Waals surface area contributed by atoms with Crippen LogP contribution in [0.25, 0.3) is 0 Å². The number of nitrogens with zero attached hydrogens (tertiary/aromatic N) is 1. The van der Waals surface area contributed by atoms with Crippen molar-refractivity contribution in [3.05, 3.63) is 18.2 Å². The van der Waals surface area contributed by atoms with Crippen molar-refractivity contribution in [2.45, 2.75) is 31.2 Å². The molecule has 1 rings (SSSR count). The van der Waals surface area contributed by atoms with Crippen LogP contribution in [0.1, 0.15) is 20.8 Å². The Bertz CT molecular complexity index is 649. The van der Waals surface area contributed by atoms with Crippen LogP contribution in [0.5, 0.6) is 5.75 Å². The van der Waals surface area contributed by atoms with Crippen molar-refractivity contribution < 1.29 is 17.9 Å². The SMILES string of the molecule is CCOc1ccc(NC(=O)C(C)(C)N)cc1S(=O)(=O)N(C)C. The van der Waals surface area contributed by atoms with Crippen molar-refractivity contribution in [1.82, 2.24) is 4.31 Å². The summed E-state index contributed by atoms with van der Waals surface area (Å²) in [4.78, 5) is 11.9. The standard InChI is InChI=1S/C14H23N3O4S/c1-6-21-11-8-7-10(16-13(18)14(2,3)15)9-12(11)22(19,20)17(4)5/h7-9H,6,15H2,1-5H3,(H,16,18). The average Bonchev–Trinajstić information content (AvgIpc) is 2.39. The molecule has 124 valence electrons. The van der Waals surface area contributed by atoms with Crippen LogP contribution in [0.3, 0.4) is 0 Å². The number of carbonyl (C=O) groups excluding carboxylic acids is 1. The zero-order chi connectivity index (χ0) is 17.1. The molecule has 0 heterocycles. The van der Waals surface area contributed by atoms with Gasteiger partial charge in [-0.05, 0) is 39.0 Å². The van der Waals surface area contributed by atoms with Gasteiger partial charge in [-0.25, -0.2) is 12.7 Å². The predicted molar refractivity (Wildman–Crippen MR) is 85.4 cm³/mol. The maximum Gasteiger partial charge on any atom is 0.246 e. The molecule has 7 nitrogen and oxygen atoms in total. The molecule has 0 aromatic heterocycles. The average molecular weight is 329 g/mol. The second-order valence-corrected chi connectivity index (χ2v) is 7.68. The van der Waals surface area contributed by atoms with Crippen LogP contribution in [0, 0.1) is 0 Å². The summed E-state index contributed by atoms with van der Waals surface area (Å²) in [6.07, 6.45) is 0. The number of sulfonamides is 1. The zero-order valence-electron chi connectivity index (χ0n) is 13.5. The minimum atomic E-state index is -3.70. The first kappa shape index (κ1) is 18.4. The number of anilines is 1. The number of hydrogen-bond acceptors (Lipinski definition) is 5. The lowest BCUT2D eigenvalue weighted by Gasteiger charge is -2.20. The molecular weight excluding hydrogens is 306 g/mol. The molecule has 0 spiro atoms. The van der Waals surface area contributed by atoms with Crippen LogP contribution in [0.15, 0.2) is 23.1 Å². The molecule has 22 heavy (non-hydrogen) atoms. The molecule has 1 aromatic rings. The quantitative estimate of drug-likeness (QED) is 0.811. The highest BCUT2D eigenvalue weighted by Gasteiger charge is 2.25. The maximum absolute atomic E-state index is 12.4. The number of hydrogen-bond donors (Lipinski definition) is 2. The summed E-state index contributed by atoms with van der Waals surface area (Å²) >= 11 is 0. The van der Waals surface area contributed by atoms with E-state index in [2.05, 4.69) is 5.32 Å². The molecule has 0 fully saturated rings. The molecule has 1 amide bonds. The Kier molecular flexibility index (Phi) is 5.55. The van der Waals surface area contributed by atoms with E-state index in [-0.39, 0.29) is 10.6 Å². The van der Waals surface area contributed by atoms with Gasteiger partial charge in [0.05, 0.1) is 12.1 Å². The lowest BCUT2D eigenvalue weighted by Crippen LogP contribution is -2.45. The number of nitrogens with one attached hydrogen (secondary N) is 1. The zero-order valence-corrected chi connectivity index (χ0v) is 14.3. The van der Waals surface area contributed by atoms with Crippen LogP contribution < -0.4 is 15.8 Å². The van der Waals surface area contributed by atoms with Crippen molar-refractivity contribution in [1.29, 1.82) is 0 Å². The number of nitrogens with two attached hydrogens (primary N) is 1. The van der Waals surface area contributed by atoms with E-state index in [1.165, 1.54) is 26.2 Å². The van der Waals surface area contributed by atoms with Crippen LogP contribution in [-0.2, 0) is 14.8 Å². The first-order valence-corrected chi connectivity index (χ1v) is 8.24. The fourth-order valence-corrected chi connectivity index (χ4v) is 2.60. The van der Waals surface area contributed by atoms with Gasteiger partial charge in [0, 0.05) is 19.8 Å². The molecule has 1 aromatic carbocycles. The van der Waals surface area contributed by atoms with E-state index >= 15 is 0 Å². The van der Waals surface area contributed by atoms with Gasteiger partial charge in [0.15, 0.2) is 0 Å². The Labute approximate surface area is 131 Å². The Balaban J connectivity index is 3.29. The third kappa shape index (κ3) is 4.19. The van der Waals surface area contributed by atoms with Crippen molar-refractivity contribution in [3.63, 3.8) is 0 Å². The lowest BCUT2D eigenvalue weighted by atomic mass is 10.1. The highest BCUT2D eigenvalue weighted by atomic mass is 32.2. The van der Waals surface area contributed by atoms with Crippen LogP contribution in [0.4, 0.5) is 5.69 Å². The van der Waals surface area contributed by atoms with E-state index in [0.29, 0.717) is 12.3 Å². The molecule has 0 atom stereocenters. The molecule has 3 N–H and O–H groups in total. The van der Waals surface area contributed by atoms with E-state index in [1.54, 1.807) is 26.8 Å². The lowest BCUT2D eigenvalue weighted by molar-refractivity contribution is -0.120. The monoisotopic (exact) mass is 329 g/mol. The summed E-state index contributed by atoms with van der Waals surface area (Å²) in [6.45, 7) is 5.22. The number of rotatable bonds is 6. The molecule has 0 saturated heterocycles.